The van der Waals surface area contributed by atoms with Crippen molar-refractivity contribution in [2.75, 3.05) is 26.5 Å². The Labute approximate surface area is 77.6 Å². The highest BCUT2D eigenvalue weighted by molar-refractivity contribution is 8.22. The molecule has 11 heavy (non-hydrogen) atoms. The zero-order chi connectivity index (χ0) is 8.69. The van der Waals surface area contributed by atoms with E-state index in [0.717, 1.165) is 10.1 Å². The molecule has 2 nitrogen and oxygen atoms in total. The largest absolute Gasteiger partial charge is 0.501 e. The van der Waals surface area contributed by atoms with Crippen LogP contribution in [0, 0.1) is 0 Å². The molecule has 0 aromatic carbocycles. The van der Waals surface area contributed by atoms with E-state index in [0.29, 0.717) is 6.61 Å². The second-order valence-electron chi connectivity index (χ2n) is 2.05. The van der Waals surface area contributed by atoms with Crippen LogP contribution in [0.1, 0.15) is 0 Å². The number of ether oxygens (including phenoxy) is 1. The van der Waals surface area contributed by atoms with E-state index in [4.69, 9.17) is 17.0 Å². The Kier molecular flexibility index (Phi) is 6.36. The lowest BCUT2D eigenvalue weighted by Gasteiger charge is -2.11. The average molecular weight is 191 g/mol. The lowest BCUT2D eigenvalue weighted by atomic mass is 10.8. The molecule has 0 unspecified atom stereocenters. The number of hydrogen-bond acceptors (Lipinski definition) is 3. The smallest absolute Gasteiger partial charge is 0.135 e. The van der Waals surface area contributed by atoms with Crippen molar-refractivity contribution in [1.29, 1.82) is 0 Å². The summed E-state index contributed by atoms with van der Waals surface area (Å²) in [5, 5.41) is 0. The topological polar surface area (TPSA) is 12.5 Å². The van der Waals surface area contributed by atoms with Gasteiger partial charge >= 0.3 is 0 Å². The molecule has 0 atom stereocenters. The highest BCUT2D eigenvalue weighted by atomic mass is 32.2. The Morgan fingerprint density at radius 2 is 2.36 bits per heavy atom. The van der Waals surface area contributed by atoms with E-state index in [9.17, 15) is 0 Å². The molecular formula is C7H13NOS2. The zero-order valence-electron chi connectivity index (χ0n) is 6.87. The third-order valence-electron chi connectivity index (χ3n) is 0.910. The number of nitrogens with zero attached hydrogens (tertiary/aromatic N) is 1. The molecule has 4 heteroatoms. The molecule has 0 heterocycles. The van der Waals surface area contributed by atoms with Gasteiger partial charge in [0.2, 0.25) is 0 Å². The maximum absolute atomic E-state index is 5.04. The van der Waals surface area contributed by atoms with Gasteiger partial charge in [-0.05, 0) is 0 Å². The van der Waals surface area contributed by atoms with Crippen molar-refractivity contribution in [3.05, 3.63) is 12.8 Å². The highest BCUT2D eigenvalue weighted by Crippen LogP contribution is 2.05. The molecule has 0 rings (SSSR count). The van der Waals surface area contributed by atoms with Crippen LogP contribution >= 0.6 is 24.0 Å². The van der Waals surface area contributed by atoms with Gasteiger partial charge in [0.05, 0.1) is 12.9 Å². The summed E-state index contributed by atoms with van der Waals surface area (Å²) in [7, 11) is 3.87. The lowest BCUT2D eigenvalue weighted by Crippen LogP contribution is -2.16. The SMILES string of the molecule is C=COCCSC(=S)N(C)C. The van der Waals surface area contributed by atoms with Crippen LogP contribution in [0.4, 0.5) is 0 Å². The standard InChI is InChI=1S/C7H13NOS2/c1-4-9-5-6-11-7(10)8(2)3/h4H,1,5-6H2,2-3H3. The van der Waals surface area contributed by atoms with E-state index in [2.05, 4.69) is 6.58 Å². The van der Waals surface area contributed by atoms with Crippen LogP contribution in [-0.2, 0) is 4.74 Å². The molecule has 0 radical (unpaired) electrons. The first-order valence-corrected chi connectivity index (χ1v) is 4.64. The van der Waals surface area contributed by atoms with Gasteiger partial charge in [-0.2, -0.15) is 0 Å². The first-order chi connectivity index (χ1) is 5.18. The monoisotopic (exact) mass is 191 g/mol. The van der Waals surface area contributed by atoms with E-state index in [1.807, 2.05) is 19.0 Å². The van der Waals surface area contributed by atoms with E-state index in [1.54, 1.807) is 11.8 Å². The third-order valence-corrected chi connectivity index (χ3v) is 2.61. The van der Waals surface area contributed by atoms with Gasteiger partial charge in [-0.1, -0.05) is 30.6 Å². The van der Waals surface area contributed by atoms with E-state index in [1.165, 1.54) is 6.26 Å². The summed E-state index contributed by atoms with van der Waals surface area (Å²) in [4.78, 5) is 1.91. The Morgan fingerprint density at radius 1 is 1.73 bits per heavy atom. The lowest BCUT2D eigenvalue weighted by molar-refractivity contribution is 0.274. The number of thiocarbonyl (C=S) groups is 1. The zero-order valence-corrected chi connectivity index (χ0v) is 8.50. The number of hydrogen-bond donors (Lipinski definition) is 0. The van der Waals surface area contributed by atoms with Gasteiger partial charge in [0, 0.05) is 19.8 Å². The van der Waals surface area contributed by atoms with Crippen molar-refractivity contribution in [2.24, 2.45) is 0 Å². The van der Waals surface area contributed by atoms with Gasteiger partial charge < -0.3 is 9.64 Å². The minimum Gasteiger partial charge on any atom is -0.501 e. The Morgan fingerprint density at radius 3 is 2.82 bits per heavy atom. The van der Waals surface area contributed by atoms with Gasteiger partial charge in [0.25, 0.3) is 0 Å². The summed E-state index contributed by atoms with van der Waals surface area (Å²) in [6.07, 6.45) is 1.44. The minimum absolute atomic E-state index is 0.669. The van der Waals surface area contributed by atoms with Crippen LogP contribution in [0.3, 0.4) is 0 Å². The van der Waals surface area contributed by atoms with E-state index < -0.39 is 0 Å². The second kappa shape index (κ2) is 6.49. The predicted molar refractivity (Wildman–Crippen MR) is 54.9 cm³/mol. The quantitative estimate of drug-likeness (QED) is 0.381. The summed E-state index contributed by atoms with van der Waals surface area (Å²) >= 11 is 6.64. The molecule has 0 bridgehead atoms. The van der Waals surface area contributed by atoms with E-state index in [-0.39, 0.29) is 0 Å². The molecule has 0 amide bonds. The Hall–Kier alpha value is -0.220. The van der Waals surface area contributed by atoms with Crippen molar-refractivity contribution in [2.45, 2.75) is 0 Å². The average Bonchev–Trinajstić information content (AvgIpc) is 1.97. The van der Waals surface area contributed by atoms with Crippen molar-refractivity contribution < 1.29 is 4.74 Å². The fourth-order valence-corrected chi connectivity index (χ4v) is 1.25. The van der Waals surface area contributed by atoms with E-state index >= 15 is 0 Å². The second-order valence-corrected chi connectivity index (χ2v) is 3.77. The Bertz CT molecular complexity index is 136. The third kappa shape index (κ3) is 6.19. The number of rotatable bonds is 4. The van der Waals surface area contributed by atoms with Gasteiger partial charge in [-0.25, -0.2) is 0 Å². The first-order valence-electron chi connectivity index (χ1n) is 3.25. The summed E-state index contributed by atoms with van der Waals surface area (Å²) in [6, 6.07) is 0. The molecule has 64 valence electrons. The fraction of sp³-hybridized carbons (Fsp3) is 0.571. The van der Waals surface area contributed by atoms with Crippen LogP contribution < -0.4 is 0 Å². The van der Waals surface area contributed by atoms with Crippen molar-refractivity contribution in [3.8, 4) is 0 Å². The molecule has 0 N–H and O–H groups in total. The van der Waals surface area contributed by atoms with Crippen LogP contribution in [0.5, 0.6) is 0 Å². The first kappa shape index (κ1) is 10.8. The molecule has 0 saturated carbocycles. The number of thioether (sulfide) groups is 1. The molecule has 0 aliphatic carbocycles. The molecule has 0 fully saturated rings. The molecule has 0 aliphatic heterocycles. The van der Waals surface area contributed by atoms with Crippen LogP contribution in [0.15, 0.2) is 12.8 Å². The van der Waals surface area contributed by atoms with Gasteiger partial charge in [0.15, 0.2) is 0 Å². The van der Waals surface area contributed by atoms with Gasteiger partial charge in [0.1, 0.15) is 4.32 Å². The van der Waals surface area contributed by atoms with Crippen LogP contribution in [0.25, 0.3) is 0 Å². The molecule has 0 saturated heterocycles. The normalized spacial score (nSPS) is 8.91. The molecule has 0 aliphatic rings. The Balaban J connectivity index is 3.24. The maximum atomic E-state index is 5.04. The molecular weight excluding hydrogens is 178 g/mol. The van der Waals surface area contributed by atoms with Crippen molar-refractivity contribution in [3.63, 3.8) is 0 Å². The maximum Gasteiger partial charge on any atom is 0.135 e. The van der Waals surface area contributed by atoms with Gasteiger partial charge in [-0.3, -0.25) is 0 Å². The molecule has 0 spiro atoms. The summed E-state index contributed by atoms with van der Waals surface area (Å²) < 4.78 is 5.82. The summed E-state index contributed by atoms with van der Waals surface area (Å²) in [6.45, 7) is 4.11. The highest BCUT2D eigenvalue weighted by Gasteiger charge is 1.97. The van der Waals surface area contributed by atoms with Crippen molar-refractivity contribution >= 4 is 28.3 Å². The fourth-order valence-electron chi connectivity index (χ4n) is 0.390. The van der Waals surface area contributed by atoms with Crippen LogP contribution in [0.2, 0.25) is 0 Å². The summed E-state index contributed by atoms with van der Waals surface area (Å²) in [5.74, 6) is 0.878. The molecule has 0 aromatic heterocycles. The molecule has 0 aromatic rings. The van der Waals surface area contributed by atoms with Crippen LogP contribution in [-0.4, -0.2) is 35.7 Å². The predicted octanol–water partition coefficient (Wildman–Crippen LogP) is 1.73. The van der Waals surface area contributed by atoms with Gasteiger partial charge in [-0.15, -0.1) is 0 Å². The van der Waals surface area contributed by atoms with Crippen molar-refractivity contribution in [1.82, 2.24) is 4.90 Å². The summed E-state index contributed by atoms with van der Waals surface area (Å²) in [5.41, 5.74) is 0. The minimum atomic E-state index is 0.669.